The Bertz CT molecular complexity index is 2840. The maximum Gasteiger partial charge on any atom is 0.338 e. The highest BCUT2D eigenvalue weighted by atomic mass is 16.6. The number of benzene rings is 4. The van der Waals surface area contributed by atoms with Crippen molar-refractivity contribution in [3.63, 3.8) is 0 Å². The lowest BCUT2D eigenvalue weighted by molar-refractivity contribution is -0.0642. The molecule has 4 atom stereocenters. The van der Waals surface area contributed by atoms with Gasteiger partial charge in [-0.25, -0.2) is 19.2 Å². The molecule has 0 saturated heterocycles. The lowest BCUT2D eigenvalue weighted by Gasteiger charge is -2.32. The minimum absolute atomic E-state index is 0.0450. The number of ether oxygens (including phenoxy) is 20. The monoisotopic (exact) mass is 1510 g/mol. The summed E-state index contributed by atoms with van der Waals surface area (Å²) in [5, 5.41) is 0. The van der Waals surface area contributed by atoms with Crippen molar-refractivity contribution in [2.45, 2.75) is 158 Å². The second-order valence-corrected chi connectivity index (χ2v) is 26.7. The molecule has 4 aromatic rings. The molecule has 0 radical (unpaired) electrons. The molecule has 604 valence electrons. The smallest absolute Gasteiger partial charge is 0.338 e. The van der Waals surface area contributed by atoms with E-state index in [0.717, 1.165) is 103 Å². The molecule has 107 heavy (non-hydrogen) atoms. The molecule has 0 spiro atoms. The van der Waals surface area contributed by atoms with E-state index in [4.69, 9.17) is 94.7 Å². The largest absolute Gasteiger partial charge is 0.489 e. The highest BCUT2D eigenvalue weighted by molar-refractivity contribution is 5.93. The first-order valence-corrected chi connectivity index (χ1v) is 38.7. The number of rotatable bonds is 64. The first kappa shape index (κ1) is 91.9. The normalized spacial score (nSPS) is 12.5. The fourth-order valence-corrected chi connectivity index (χ4v) is 11.1. The van der Waals surface area contributed by atoms with Gasteiger partial charge >= 0.3 is 23.9 Å². The Morgan fingerprint density at radius 1 is 0.280 bits per heavy atom. The van der Waals surface area contributed by atoms with Gasteiger partial charge in [-0.05, 0) is 110 Å². The Morgan fingerprint density at radius 2 is 0.514 bits per heavy atom. The van der Waals surface area contributed by atoms with Gasteiger partial charge in [0.1, 0.15) is 71.5 Å². The molecule has 0 bridgehead atoms. The minimum Gasteiger partial charge on any atom is -0.489 e. The molecule has 0 N–H and O–H groups in total. The molecule has 0 aliphatic rings. The molecule has 4 unspecified atom stereocenters. The first-order valence-electron chi connectivity index (χ1n) is 38.7. The minimum atomic E-state index is -1.93. The fourth-order valence-electron chi connectivity index (χ4n) is 11.1. The Hall–Kier alpha value is -7.48. The number of hydrogen-bond acceptors (Lipinski definition) is 24. The molecule has 0 heterocycles. The molecule has 0 aliphatic heterocycles. The Morgan fingerprint density at radius 3 is 0.757 bits per heavy atom. The maximum absolute atomic E-state index is 15.1. The summed E-state index contributed by atoms with van der Waals surface area (Å²) < 4.78 is 120. The summed E-state index contributed by atoms with van der Waals surface area (Å²) in [4.78, 5) is 60.3. The average Bonchev–Trinajstić information content (AvgIpc) is 0.817. The van der Waals surface area contributed by atoms with Crippen LogP contribution in [0.4, 0.5) is 0 Å². The average molecular weight is 1510 g/mol. The zero-order valence-corrected chi connectivity index (χ0v) is 66.8. The summed E-state index contributed by atoms with van der Waals surface area (Å²) >= 11 is 0. The van der Waals surface area contributed by atoms with Gasteiger partial charge in [0.2, 0.25) is 11.5 Å². The zero-order valence-electron chi connectivity index (χ0n) is 66.8. The molecule has 0 fully saturated rings. The van der Waals surface area contributed by atoms with Crippen LogP contribution in [0.5, 0.6) is 57.5 Å². The Balaban J connectivity index is 2.03. The predicted octanol–water partition coefficient (Wildman–Crippen LogP) is 15.9. The van der Waals surface area contributed by atoms with E-state index in [1.54, 1.807) is 36.4 Å². The maximum atomic E-state index is 15.1. The van der Waals surface area contributed by atoms with Gasteiger partial charge in [0.05, 0.1) is 88.3 Å². The van der Waals surface area contributed by atoms with Gasteiger partial charge in [0.25, 0.3) is 0 Å². The third kappa shape index (κ3) is 33.9. The van der Waals surface area contributed by atoms with Crippen LogP contribution >= 0.6 is 0 Å². The Kier molecular flexibility index (Phi) is 47.2. The van der Waals surface area contributed by atoms with Crippen LogP contribution in [0.2, 0.25) is 0 Å². The van der Waals surface area contributed by atoms with E-state index >= 15 is 19.2 Å². The SMILES string of the molecule is CCCCC(CC)COc1ccc(C(=O)OCC(COC(=O)c2ccc(OCC(CC)CCCC)c(OCC(CC)CCCC)c2)(COC(=O)c2cc(OCCOC)c(OCCOC)c(OCCOC)c2)COC(=O)c2cc(OCCOC)c(OCCOC)c(OCCOC)c2)cc1OCC(CC)CCCC. The second-order valence-electron chi connectivity index (χ2n) is 26.7. The number of carbonyl (C=O) groups excluding carboxylic acids is 4. The van der Waals surface area contributed by atoms with Crippen LogP contribution in [0.3, 0.4) is 0 Å². The van der Waals surface area contributed by atoms with Crippen molar-refractivity contribution < 1.29 is 114 Å². The highest BCUT2D eigenvalue weighted by Gasteiger charge is 2.40. The van der Waals surface area contributed by atoms with Crippen LogP contribution < -0.4 is 47.4 Å². The Labute approximate surface area is 637 Å². The van der Waals surface area contributed by atoms with Crippen LogP contribution in [-0.4, -0.2) is 199 Å². The van der Waals surface area contributed by atoms with Crippen LogP contribution in [0, 0.1) is 29.1 Å². The van der Waals surface area contributed by atoms with E-state index in [2.05, 4.69) is 55.4 Å². The van der Waals surface area contributed by atoms with Crippen LogP contribution in [-0.2, 0) is 47.4 Å². The molecule has 4 aromatic carbocycles. The lowest BCUT2D eigenvalue weighted by Crippen LogP contribution is -2.44. The summed E-state index contributed by atoms with van der Waals surface area (Å²) in [7, 11) is 9.15. The van der Waals surface area contributed by atoms with Crippen molar-refractivity contribution in [2.24, 2.45) is 29.1 Å². The van der Waals surface area contributed by atoms with Crippen molar-refractivity contribution in [3.8, 4) is 57.5 Å². The van der Waals surface area contributed by atoms with Crippen molar-refractivity contribution >= 4 is 23.9 Å². The molecular formula is C83H128O24. The molecule has 24 nitrogen and oxygen atoms in total. The van der Waals surface area contributed by atoms with Crippen molar-refractivity contribution in [1.82, 2.24) is 0 Å². The molecule has 4 rings (SSSR count). The molecule has 0 aliphatic carbocycles. The summed E-state index contributed by atoms with van der Waals surface area (Å²) in [5.74, 6) is -0.125. The van der Waals surface area contributed by atoms with Crippen molar-refractivity contribution in [2.75, 3.05) is 175 Å². The topological polar surface area (TPSA) is 253 Å². The molecule has 0 amide bonds. The quantitative estimate of drug-likeness (QED) is 0.0226. The first-order chi connectivity index (χ1) is 52.1. The lowest BCUT2D eigenvalue weighted by atomic mass is 9.92. The molecule has 0 aromatic heterocycles. The molecular weight excluding hydrogens is 1380 g/mol. The highest BCUT2D eigenvalue weighted by Crippen LogP contribution is 2.42. The van der Waals surface area contributed by atoms with E-state index in [1.807, 2.05) is 0 Å². The summed E-state index contributed by atoms with van der Waals surface area (Å²) in [6.45, 7) is 17.4. The van der Waals surface area contributed by atoms with Gasteiger partial charge in [-0.15, -0.1) is 0 Å². The van der Waals surface area contributed by atoms with Gasteiger partial charge in [-0.2, -0.15) is 0 Å². The number of unbranched alkanes of at least 4 members (excludes halogenated alkanes) is 4. The van der Waals surface area contributed by atoms with E-state index < -0.39 is 55.7 Å². The number of methoxy groups -OCH3 is 6. The second kappa shape index (κ2) is 55.0. The van der Waals surface area contributed by atoms with Crippen molar-refractivity contribution in [3.05, 3.63) is 82.9 Å². The number of hydrogen-bond donors (Lipinski definition) is 0. The number of carbonyl (C=O) groups is 4. The van der Waals surface area contributed by atoms with Crippen molar-refractivity contribution in [1.29, 1.82) is 0 Å². The summed E-state index contributed by atoms with van der Waals surface area (Å²) in [6.07, 6.45) is 15.8. The molecule has 0 saturated carbocycles. The number of esters is 4. The zero-order chi connectivity index (χ0) is 77.9. The third-order valence-electron chi connectivity index (χ3n) is 18.2. The van der Waals surface area contributed by atoms with Gasteiger partial charge in [-0.3, -0.25) is 0 Å². The standard InChI is InChI=1S/C83H128O24/c1-15-23-27-61(19-5)53-100-69-33-31-65(47-71(69)102-55-63(21-7)29-25-17-3)79(84)104-57-83(59-106-81(86)67-49-73(94-41-35-88-9)77(98-45-39-92-13)74(50-67)95-42-36-89-10,60-107-82(87)68-51-75(96-43-37-90-11)78(99-46-40-93-14)76(52-68)97-44-38-91-12)58-105-80(85)66-32-34-70(101-54-62(20-6)28-24-16-2)72(48-66)103-56-64(22-8)30-26-18-4/h31-34,47-52,61-64H,15-30,35-46,53-60H2,1-14H3. The third-order valence-corrected chi connectivity index (χ3v) is 18.2. The van der Waals surface area contributed by atoms with E-state index in [9.17, 15) is 0 Å². The summed E-state index contributed by atoms with van der Waals surface area (Å²) in [5.41, 5.74) is -1.91. The van der Waals surface area contributed by atoms with Gasteiger partial charge in [-0.1, -0.05) is 132 Å². The van der Waals surface area contributed by atoms with Crippen LogP contribution in [0.15, 0.2) is 60.7 Å². The van der Waals surface area contributed by atoms with E-state index in [0.29, 0.717) is 61.3 Å². The van der Waals surface area contributed by atoms with Crippen LogP contribution in [0.1, 0.15) is 200 Å². The van der Waals surface area contributed by atoms with E-state index in [-0.39, 0.29) is 148 Å². The van der Waals surface area contributed by atoms with Gasteiger partial charge in [0, 0.05) is 42.7 Å². The van der Waals surface area contributed by atoms with Gasteiger partial charge in [0.15, 0.2) is 46.0 Å². The fraction of sp³-hybridized carbons (Fsp3) is 0.663. The molecule has 24 heteroatoms. The van der Waals surface area contributed by atoms with E-state index in [1.165, 1.54) is 66.9 Å². The summed E-state index contributed by atoms with van der Waals surface area (Å²) in [6, 6.07) is 15.4. The van der Waals surface area contributed by atoms with Gasteiger partial charge < -0.3 is 94.7 Å². The predicted molar refractivity (Wildman–Crippen MR) is 409 cm³/mol. The van der Waals surface area contributed by atoms with Crippen LogP contribution in [0.25, 0.3) is 0 Å².